The van der Waals surface area contributed by atoms with E-state index in [1.54, 1.807) is 12.1 Å². The molecule has 3 aromatic carbocycles. The number of para-hydroxylation sites is 2. The van der Waals surface area contributed by atoms with Gasteiger partial charge in [-0.15, -0.1) is 0 Å². The molecule has 5 nitrogen and oxygen atoms in total. The van der Waals surface area contributed by atoms with Crippen LogP contribution in [0, 0.1) is 0 Å². The summed E-state index contributed by atoms with van der Waals surface area (Å²) in [5, 5.41) is 14.0. The molecular formula is C24H23ClN2O3S. The summed E-state index contributed by atoms with van der Waals surface area (Å²) in [6, 6.07) is 21.6. The lowest BCUT2D eigenvalue weighted by Crippen LogP contribution is -2.49. The highest BCUT2D eigenvalue weighted by atomic mass is 35.5. The fourth-order valence-corrected chi connectivity index (χ4v) is 6.17. The van der Waals surface area contributed by atoms with Gasteiger partial charge in [0.1, 0.15) is 0 Å². The zero-order valence-corrected chi connectivity index (χ0v) is 18.4. The molecule has 0 radical (unpaired) electrons. The molecule has 1 aromatic heterocycles. The Morgan fingerprint density at radius 2 is 1.45 bits per heavy atom. The fourth-order valence-electron chi connectivity index (χ4n) is 4.76. The largest absolute Gasteiger partial charge is 0.389 e. The minimum Gasteiger partial charge on any atom is -0.389 e. The normalized spacial score (nSPS) is 22.2. The molecular weight excluding hydrogens is 432 g/mol. The minimum atomic E-state index is -3.76. The van der Waals surface area contributed by atoms with Crippen molar-refractivity contribution in [2.45, 2.75) is 42.3 Å². The number of benzene rings is 3. The minimum absolute atomic E-state index is 0.142. The van der Waals surface area contributed by atoms with Crippen LogP contribution in [0.3, 0.4) is 0 Å². The van der Waals surface area contributed by atoms with E-state index >= 15 is 0 Å². The number of nitrogens with one attached hydrogen (secondary N) is 1. The second-order valence-corrected chi connectivity index (χ2v) is 10.2. The Balaban J connectivity index is 1.51. The molecule has 0 aliphatic heterocycles. The van der Waals surface area contributed by atoms with Gasteiger partial charge in [0.2, 0.25) is 10.0 Å². The van der Waals surface area contributed by atoms with Crippen LogP contribution in [0.2, 0.25) is 5.02 Å². The maximum Gasteiger partial charge on any atom is 0.240 e. The molecule has 1 fully saturated rings. The molecule has 0 spiro atoms. The zero-order valence-electron chi connectivity index (χ0n) is 16.8. The lowest BCUT2D eigenvalue weighted by molar-refractivity contribution is 0.0547. The molecule has 1 unspecified atom stereocenters. The number of fused-ring (bicyclic) bond motifs is 3. The average Bonchev–Trinajstić information content (AvgIpc) is 3.10. The van der Waals surface area contributed by atoms with Crippen LogP contribution in [0.4, 0.5) is 0 Å². The number of sulfonamides is 1. The molecule has 0 amide bonds. The molecule has 160 valence electrons. The third-order valence-corrected chi connectivity index (χ3v) is 7.96. The lowest BCUT2D eigenvalue weighted by atomic mass is 9.88. The summed E-state index contributed by atoms with van der Waals surface area (Å²) in [5.74, 6) is 0. The average molecular weight is 455 g/mol. The third-order valence-electron chi connectivity index (χ3n) is 6.20. The molecule has 7 heteroatoms. The van der Waals surface area contributed by atoms with Crippen molar-refractivity contribution in [3.8, 4) is 0 Å². The lowest BCUT2D eigenvalue weighted by Gasteiger charge is -2.36. The van der Waals surface area contributed by atoms with Gasteiger partial charge in [0.15, 0.2) is 0 Å². The first-order chi connectivity index (χ1) is 15.0. The Morgan fingerprint density at radius 1 is 0.871 bits per heavy atom. The van der Waals surface area contributed by atoms with E-state index in [0.717, 1.165) is 34.6 Å². The molecule has 1 aliphatic carbocycles. The Labute approximate surface area is 186 Å². The molecule has 0 saturated heterocycles. The van der Waals surface area contributed by atoms with E-state index in [1.807, 2.05) is 24.3 Å². The molecule has 31 heavy (non-hydrogen) atoms. The van der Waals surface area contributed by atoms with Crippen LogP contribution in [0.1, 0.15) is 25.3 Å². The number of nitrogens with zero attached hydrogens (tertiary/aromatic N) is 1. The van der Waals surface area contributed by atoms with Crippen molar-refractivity contribution in [2.75, 3.05) is 0 Å². The monoisotopic (exact) mass is 454 g/mol. The van der Waals surface area contributed by atoms with Gasteiger partial charge in [0.05, 0.1) is 23.1 Å². The second kappa shape index (κ2) is 7.95. The SMILES string of the molecule is O=S(=O)(N[C@@H]1CCCC(n2c3ccccc3c3ccccc32)[C@H]1O)c1ccc(Cl)cc1. The summed E-state index contributed by atoms with van der Waals surface area (Å²) < 4.78 is 30.7. The van der Waals surface area contributed by atoms with E-state index in [9.17, 15) is 13.5 Å². The molecule has 2 N–H and O–H groups in total. The summed E-state index contributed by atoms with van der Waals surface area (Å²) in [6.45, 7) is 0. The van der Waals surface area contributed by atoms with Crippen LogP contribution in [0.5, 0.6) is 0 Å². The van der Waals surface area contributed by atoms with Crippen LogP contribution in [-0.2, 0) is 10.0 Å². The Hall–Kier alpha value is -2.38. The van der Waals surface area contributed by atoms with Crippen molar-refractivity contribution in [1.29, 1.82) is 0 Å². The van der Waals surface area contributed by atoms with Crippen molar-refractivity contribution in [3.63, 3.8) is 0 Å². The first-order valence-corrected chi connectivity index (χ1v) is 12.3. The van der Waals surface area contributed by atoms with Crippen molar-refractivity contribution in [1.82, 2.24) is 9.29 Å². The van der Waals surface area contributed by atoms with Crippen molar-refractivity contribution in [2.24, 2.45) is 0 Å². The summed E-state index contributed by atoms with van der Waals surface area (Å²) >= 11 is 5.89. The second-order valence-electron chi connectivity index (χ2n) is 8.07. The summed E-state index contributed by atoms with van der Waals surface area (Å²) in [7, 11) is -3.76. The first-order valence-electron chi connectivity index (χ1n) is 10.4. The molecule has 3 atom stereocenters. The Kier molecular flexibility index (Phi) is 5.26. The van der Waals surface area contributed by atoms with Crippen molar-refractivity contribution >= 4 is 43.4 Å². The van der Waals surface area contributed by atoms with Crippen molar-refractivity contribution < 1.29 is 13.5 Å². The number of hydrogen-bond donors (Lipinski definition) is 2. The fraction of sp³-hybridized carbons (Fsp3) is 0.250. The highest BCUT2D eigenvalue weighted by molar-refractivity contribution is 7.89. The summed E-state index contributed by atoms with van der Waals surface area (Å²) in [6.07, 6.45) is 1.33. The highest BCUT2D eigenvalue weighted by Gasteiger charge is 2.36. The smallest absolute Gasteiger partial charge is 0.240 e. The van der Waals surface area contributed by atoms with Gasteiger partial charge in [-0.05, 0) is 55.7 Å². The van der Waals surface area contributed by atoms with E-state index in [0.29, 0.717) is 11.4 Å². The van der Waals surface area contributed by atoms with Gasteiger partial charge in [-0.25, -0.2) is 13.1 Å². The van der Waals surface area contributed by atoms with Gasteiger partial charge in [-0.3, -0.25) is 0 Å². The summed E-state index contributed by atoms with van der Waals surface area (Å²) in [5.41, 5.74) is 2.10. The zero-order chi connectivity index (χ0) is 21.6. The predicted molar refractivity (Wildman–Crippen MR) is 124 cm³/mol. The molecule has 4 aromatic rings. The Morgan fingerprint density at radius 3 is 2.06 bits per heavy atom. The van der Waals surface area contributed by atoms with E-state index in [1.165, 1.54) is 12.1 Å². The number of hydrogen-bond acceptors (Lipinski definition) is 3. The standard InChI is InChI=1S/C24H23ClN2O3S/c25-16-12-14-17(15-13-16)31(29,30)26-20-8-5-11-23(24(20)28)27-21-9-3-1-6-18(21)19-7-2-4-10-22(19)27/h1-4,6-7,9-10,12-15,20,23-24,26,28H,5,8,11H2/t20-,23?,24+/m1/s1. The first kappa shape index (κ1) is 20.5. The van der Waals surface area contributed by atoms with E-state index in [-0.39, 0.29) is 10.9 Å². The third kappa shape index (κ3) is 3.64. The van der Waals surface area contributed by atoms with Gasteiger partial charge < -0.3 is 9.67 Å². The molecule has 1 aliphatic rings. The maximum absolute atomic E-state index is 12.9. The van der Waals surface area contributed by atoms with Crippen LogP contribution in [0.25, 0.3) is 21.8 Å². The van der Waals surface area contributed by atoms with Crippen LogP contribution >= 0.6 is 11.6 Å². The van der Waals surface area contributed by atoms with Crippen LogP contribution in [0.15, 0.2) is 77.7 Å². The number of rotatable bonds is 4. The van der Waals surface area contributed by atoms with E-state index < -0.39 is 22.2 Å². The van der Waals surface area contributed by atoms with E-state index in [2.05, 4.69) is 33.6 Å². The highest BCUT2D eigenvalue weighted by Crippen LogP contribution is 2.38. The van der Waals surface area contributed by atoms with Gasteiger partial charge in [-0.1, -0.05) is 48.0 Å². The predicted octanol–water partition coefficient (Wildman–Crippen LogP) is 4.88. The van der Waals surface area contributed by atoms with Crippen LogP contribution < -0.4 is 4.72 Å². The molecule has 0 bridgehead atoms. The number of aliphatic hydroxyl groups excluding tert-OH is 1. The Bertz CT molecular complexity index is 1300. The topological polar surface area (TPSA) is 71.3 Å². The number of aromatic nitrogens is 1. The van der Waals surface area contributed by atoms with Gasteiger partial charge in [-0.2, -0.15) is 0 Å². The van der Waals surface area contributed by atoms with Crippen molar-refractivity contribution in [3.05, 3.63) is 77.8 Å². The number of aliphatic hydroxyl groups is 1. The molecule has 1 saturated carbocycles. The molecule has 1 heterocycles. The quantitative estimate of drug-likeness (QED) is 0.461. The van der Waals surface area contributed by atoms with E-state index in [4.69, 9.17) is 11.6 Å². The van der Waals surface area contributed by atoms with Crippen LogP contribution in [-0.4, -0.2) is 30.2 Å². The maximum atomic E-state index is 12.9. The van der Waals surface area contributed by atoms with Gasteiger partial charge in [0.25, 0.3) is 0 Å². The van der Waals surface area contributed by atoms with Gasteiger partial charge >= 0.3 is 0 Å². The number of halogens is 1. The molecule has 5 rings (SSSR count). The van der Waals surface area contributed by atoms with Gasteiger partial charge in [0, 0.05) is 26.8 Å². The summed E-state index contributed by atoms with van der Waals surface area (Å²) in [4.78, 5) is 0.142.